The van der Waals surface area contributed by atoms with Crippen LogP contribution in [0.1, 0.15) is 13.8 Å². The van der Waals surface area contributed by atoms with Crippen molar-refractivity contribution in [3.8, 4) is 0 Å². The minimum absolute atomic E-state index is 0. The minimum atomic E-state index is 0. The molecule has 0 saturated carbocycles. The predicted molar refractivity (Wildman–Crippen MR) is 30.7 cm³/mol. The smallest absolute Gasteiger partial charge is 0.549 e. The first-order chi connectivity index (χ1) is 3.41. The van der Waals surface area contributed by atoms with Gasteiger partial charge in [0, 0.05) is 6.61 Å². The van der Waals surface area contributed by atoms with Crippen LogP contribution in [-0.2, 0) is 4.74 Å². The van der Waals surface area contributed by atoms with E-state index < -0.39 is 0 Å². The van der Waals surface area contributed by atoms with Crippen molar-refractivity contribution < 1.29 is 23.6 Å². The summed E-state index contributed by atoms with van der Waals surface area (Å²) < 4.78 is 4.86. The molecular weight excluding hydrogens is 95.0 g/mol. The molecule has 0 rings (SSSR count). The average Bonchev–Trinajstić information content (AvgIpc) is 1.69. The normalized spacial score (nSPS) is 9.25. The molecule has 0 aliphatic rings. The Labute approximate surface area is 63.3 Å². The quantitative estimate of drug-likeness (QED) is 0.189. The summed E-state index contributed by atoms with van der Waals surface area (Å²) in [5, 5.41) is 0. The molecule has 0 bridgehead atoms. The van der Waals surface area contributed by atoms with Crippen LogP contribution in [-0.4, -0.2) is 6.61 Å². The van der Waals surface area contributed by atoms with Crippen LogP contribution < -0.4 is 18.9 Å². The van der Waals surface area contributed by atoms with Gasteiger partial charge in [0.2, 0.25) is 0 Å². The van der Waals surface area contributed by atoms with E-state index in [4.69, 9.17) is 4.74 Å². The van der Waals surface area contributed by atoms with Gasteiger partial charge in [0.15, 0.2) is 0 Å². The molecule has 0 aromatic rings. The van der Waals surface area contributed by atoms with E-state index in [0.29, 0.717) is 6.61 Å². The van der Waals surface area contributed by atoms with Gasteiger partial charge in [-0.25, -0.2) is 6.61 Å². The van der Waals surface area contributed by atoms with Crippen LogP contribution in [0.15, 0.2) is 12.2 Å². The second-order valence-electron chi connectivity index (χ2n) is 1.14. The molecule has 0 unspecified atom stereocenters. The molecule has 0 N–H and O–H groups in total. The summed E-state index contributed by atoms with van der Waals surface area (Å²) >= 11 is 0. The van der Waals surface area contributed by atoms with E-state index in [2.05, 4.69) is 0 Å². The molecule has 0 aromatic heterocycles. The van der Waals surface area contributed by atoms with Crippen LogP contribution in [0.2, 0.25) is 0 Å². The zero-order chi connectivity index (χ0) is 5.54. The third kappa shape index (κ3) is 9.57. The molecule has 0 saturated heterocycles. The summed E-state index contributed by atoms with van der Waals surface area (Å²) in [6.07, 6.45) is 3.92. The molecule has 0 aliphatic carbocycles. The number of hydrogen-bond donors (Lipinski definition) is 0. The van der Waals surface area contributed by atoms with Gasteiger partial charge in [0.1, 0.15) is 0 Å². The van der Waals surface area contributed by atoms with Crippen LogP contribution >= 0.6 is 0 Å². The van der Waals surface area contributed by atoms with Gasteiger partial charge in [0.25, 0.3) is 0 Å². The summed E-state index contributed by atoms with van der Waals surface area (Å²) in [7, 11) is 0. The second-order valence-corrected chi connectivity index (χ2v) is 1.14. The molecule has 2 heteroatoms. The van der Waals surface area contributed by atoms with Crippen molar-refractivity contribution in [2.45, 2.75) is 13.8 Å². The van der Waals surface area contributed by atoms with Crippen LogP contribution in [0.25, 0.3) is 0 Å². The zero-order valence-corrected chi connectivity index (χ0v) is 5.85. The van der Waals surface area contributed by atoms with E-state index in [9.17, 15) is 0 Å². The van der Waals surface area contributed by atoms with Crippen molar-refractivity contribution in [1.82, 2.24) is 0 Å². The first-order valence-corrected chi connectivity index (χ1v) is 2.42. The van der Waals surface area contributed by atoms with Crippen molar-refractivity contribution in [3.05, 3.63) is 18.8 Å². The predicted octanol–water partition coefficient (Wildman–Crippen LogP) is -1.24. The molecule has 8 heavy (non-hydrogen) atoms. The standard InChI is InChI=1S/C6H11O.Li/c1-3-5-6-7-4-2;/h3-5H,6H2,1-2H3;/q-1;+1/b5-3-;. The fraction of sp³-hybridized carbons (Fsp3) is 0.500. The van der Waals surface area contributed by atoms with Gasteiger partial charge in [-0.05, 0) is 6.92 Å². The van der Waals surface area contributed by atoms with Gasteiger partial charge in [0.05, 0.1) is 0 Å². The van der Waals surface area contributed by atoms with E-state index in [1.807, 2.05) is 26.0 Å². The third-order valence-electron chi connectivity index (χ3n) is 0.595. The van der Waals surface area contributed by atoms with E-state index in [0.717, 1.165) is 0 Å². The maximum atomic E-state index is 4.86. The fourth-order valence-corrected chi connectivity index (χ4v) is 0.248. The maximum Gasteiger partial charge on any atom is 1.00 e. The first-order valence-electron chi connectivity index (χ1n) is 2.42. The topological polar surface area (TPSA) is 9.23 Å². The molecule has 0 heterocycles. The molecule has 0 fully saturated rings. The number of ether oxygens (including phenoxy) is 1. The minimum Gasteiger partial charge on any atom is -0.549 e. The van der Waals surface area contributed by atoms with Crippen LogP contribution in [0.5, 0.6) is 0 Å². The molecular formula is C6H11LiO. The van der Waals surface area contributed by atoms with E-state index in [1.165, 1.54) is 0 Å². The molecule has 1 nitrogen and oxygen atoms in total. The van der Waals surface area contributed by atoms with Crippen molar-refractivity contribution >= 4 is 0 Å². The van der Waals surface area contributed by atoms with E-state index in [1.54, 1.807) is 6.61 Å². The molecule has 42 valence electrons. The Morgan fingerprint density at radius 1 is 1.62 bits per heavy atom. The third-order valence-corrected chi connectivity index (χ3v) is 0.595. The van der Waals surface area contributed by atoms with Gasteiger partial charge in [-0.2, -0.15) is 6.92 Å². The molecule has 0 radical (unpaired) electrons. The first kappa shape index (κ1) is 11.1. The van der Waals surface area contributed by atoms with Gasteiger partial charge >= 0.3 is 18.9 Å². The van der Waals surface area contributed by atoms with Gasteiger partial charge in [-0.1, -0.05) is 12.2 Å². The van der Waals surface area contributed by atoms with Crippen molar-refractivity contribution in [2.75, 3.05) is 6.61 Å². The average molecular weight is 106 g/mol. The van der Waals surface area contributed by atoms with Crippen LogP contribution in [0.4, 0.5) is 0 Å². The molecule has 0 aliphatic heterocycles. The van der Waals surface area contributed by atoms with E-state index >= 15 is 0 Å². The molecule has 0 spiro atoms. The Morgan fingerprint density at radius 2 is 2.25 bits per heavy atom. The summed E-state index contributed by atoms with van der Waals surface area (Å²) in [6, 6.07) is 0. The number of hydrogen-bond acceptors (Lipinski definition) is 1. The van der Waals surface area contributed by atoms with Gasteiger partial charge < -0.3 is 4.74 Å². The van der Waals surface area contributed by atoms with Gasteiger partial charge in [-0.3, -0.25) is 0 Å². The maximum absolute atomic E-state index is 4.86. The fourth-order valence-electron chi connectivity index (χ4n) is 0.248. The molecule has 0 amide bonds. The summed E-state index contributed by atoms with van der Waals surface area (Å²) in [4.78, 5) is 0. The SMILES string of the molecule is C/C=C\CO[CH-]C.[Li+]. The zero-order valence-electron chi connectivity index (χ0n) is 5.85. The van der Waals surface area contributed by atoms with Crippen molar-refractivity contribution in [3.63, 3.8) is 0 Å². The Hall–Kier alpha value is 0.297. The Morgan fingerprint density at radius 3 is 2.62 bits per heavy atom. The van der Waals surface area contributed by atoms with Crippen LogP contribution in [0.3, 0.4) is 0 Å². The summed E-state index contributed by atoms with van der Waals surface area (Å²) in [5.41, 5.74) is 0. The largest absolute Gasteiger partial charge is 1.00 e. The molecule has 0 aromatic carbocycles. The Balaban J connectivity index is 0. The summed E-state index contributed by atoms with van der Waals surface area (Å²) in [5.74, 6) is 0. The van der Waals surface area contributed by atoms with Crippen molar-refractivity contribution in [2.24, 2.45) is 0 Å². The number of allylic oxidation sites excluding steroid dienone is 1. The Kier molecular flexibility index (Phi) is 14.4. The summed E-state index contributed by atoms with van der Waals surface area (Å²) in [6.45, 7) is 6.22. The number of rotatable bonds is 3. The van der Waals surface area contributed by atoms with Crippen LogP contribution in [0, 0.1) is 6.61 Å². The second kappa shape index (κ2) is 10.3. The Bertz CT molecular complexity index is 52.5. The monoisotopic (exact) mass is 106 g/mol. The van der Waals surface area contributed by atoms with Gasteiger partial charge in [-0.15, -0.1) is 0 Å². The van der Waals surface area contributed by atoms with E-state index in [-0.39, 0.29) is 18.9 Å². The van der Waals surface area contributed by atoms with Crippen molar-refractivity contribution in [1.29, 1.82) is 0 Å². The molecule has 0 atom stereocenters.